The largest absolute Gasteiger partial charge is 0.383 e. The molecule has 0 fully saturated rings. The number of pyridine rings is 1. The van der Waals surface area contributed by atoms with E-state index in [0.717, 1.165) is 11.3 Å². The lowest BCUT2D eigenvalue weighted by Crippen LogP contribution is -2.17. The maximum Gasteiger partial charge on any atom is 0.128 e. The standard InChI is InChI=1S/C13H14FN3/c1-17(12-6-2-5-11(14)8-12)9-10-4-3-7-16-13(10)15/h2-8H,9H2,1H3,(H2,15,16). The fourth-order valence-corrected chi connectivity index (χ4v) is 1.64. The quantitative estimate of drug-likeness (QED) is 0.882. The predicted octanol–water partition coefficient (Wildman–Crippen LogP) is 2.44. The lowest BCUT2D eigenvalue weighted by molar-refractivity contribution is 0.627. The van der Waals surface area contributed by atoms with Gasteiger partial charge >= 0.3 is 0 Å². The van der Waals surface area contributed by atoms with Crippen LogP contribution in [-0.4, -0.2) is 12.0 Å². The molecule has 0 spiro atoms. The van der Waals surface area contributed by atoms with E-state index in [2.05, 4.69) is 4.98 Å². The van der Waals surface area contributed by atoms with Crippen molar-refractivity contribution in [3.63, 3.8) is 0 Å². The molecular weight excluding hydrogens is 217 g/mol. The second-order valence-corrected chi connectivity index (χ2v) is 3.88. The third kappa shape index (κ3) is 2.72. The first-order valence-corrected chi connectivity index (χ1v) is 5.33. The van der Waals surface area contributed by atoms with Crippen LogP contribution in [0.15, 0.2) is 42.6 Å². The summed E-state index contributed by atoms with van der Waals surface area (Å²) in [6.07, 6.45) is 1.65. The molecule has 2 rings (SSSR count). The molecule has 0 saturated heterocycles. The summed E-state index contributed by atoms with van der Waals surface area (Å²) in [4.78, 5) is 5.95. The Kier molecular flexibility index (Phi) is 3.23. The van der Waals surface area contributed by atoms with Gasteiger partial charge in [-0.05, 0) is 24.3 Å². The van der Waals surface area contributed by atoms with Crippen molar-refractivity contribution >= 4 is 11.5 Å². The van der Waals surface area contributed by atoms with E-state index in [1.807, 2.05) is 30.1 Å². The van der Waals surface area contributed by atoms with Gasteiger partial charge in [-0.2, -0.15) is 0 Å². The van der Waals surface area contributed by atoms with Gasteiger partial charge in [0, 0.05) is 31.0 Å². The van der Waals surface area contributed by atoms with Crippen LogP contribution in [0.2, 0.25) is 0 Å². The number of benzene rings is 1. The molecule has 0 atom stereocenters. The fraction of sp³-hybridized carbons (Fsp3) is 0.154. The molecule has 0 bridgehead atoms. The molecule has 3 nitrogen and oxygen atoms in total. The summed E-state index contributed by atoms with van der Waals surface area (Å²) in [5.41, 5.74) is 7.51. The Morgan fingerprint density at radius 1 is 1.29 bits per heavy atom. The van der Waals surface area contributed by atoms with Gasteiger partial charge in [0.2, 0.25) is 0 Å². The molecule has 0 amide bonds. The van der Waals surface area contributed by atoms with Crippen molar-refractivity contribution in [1.82, 2.24) is 4.98 Å². The van der Waals surface area contributed by atoms with Gasteiger partial charge in [-0.15, -0.1) is 0 Å². The molecule has 88 valence electrons. The number of nitrogens with two attached hydrogens (primary N) is 1. The zero-order valence-electron chi connectivity index (χ0n) is 9.60. The normalized spacial score (nSPS) is 10.2. The van der Waals surface area contributed by atoms with E-state index in [0.29, 0.717) is 12.4 Å². The van der Waals surface area contributed by atoms with Gasteiger partial charge in [0.1, 0.15) is 11.6 Å². The Bertz CT molecular complexity index is 514. The summed E-state index contributed by atoms with van der Waals surface area (Å²) in [7, 11) is 1.89. The number of anilines is 2. The van der Waals surface area contributed by atoms with Crippen LogP contribution < -0.4 is 10.6 Å². The molecule has 17 heavy (non-hydrogen) atoms. The molecule has 0 aliphatic rings. The number of hydrogen-bond donors (Lipinski definition) is 1. The van der Waals surface area contributed by atoms with Crippen molar-refractivity contribution in [3.8, 4) is 0 Å². The van der Waals surface area contributed by atoms with E-state index in [9.17, 15) is 4.39 Å². The van der Waals surface area contributed by atoms with Gasteiger partial charge in [0.15, 0.2) is 0 Å². The highest BCUT2D eigenvalue weighted by Gasteiger charge is 2.05. The summed E-state index contributed by atoms with van der Waals surface area (Å²) in [6, 6.07) is 10.2. The van der Waals surface area contributed by atoms with Gasteiger partial charge in [-0.1, -0.05) is 12.1 Å². The predicted molar refractivity (Wildman–Crippen MR) is 67.2 cm³/mol. The summed E-state index contributed by atoms with van der Waals surface area (Å²) in [5, 5.41) is 0. The van der Waals surface area contributed by atoms with E-state index in [1.165, 1.54) is 12.1 Å². The number of aromatic nitrogens is 1. The number of rotatable bonds is 3. The highest BCUT2D eigenvalue weighted by molar-refractivity contribution is 5.48. The Hall–Kier alpha value is -2.10. The summed E-state index contributed by atoms with van der Waals surface area (Å²) in [6.45, 7) is 0.600. The molecule has 1 aromatic heterocycles. The first-order valence-electron chi connectivity index (χ1n) is 5.33. The van der Waals surface area contributed by atoms with Crippen LogP contribution in [0.5, 0.6) is 0 Å². The minimum atomic E-state index is -0.242. The molecule has 0 radical (unpaired) electrons. The summed E-state index contributed by atoms with van der Waals surface area (Å²) >= 11 is 0. The van der Waals surface area contributed by atoms with E-state index < -0.39 is 0 Å². The monoisotopic (exact) mass is 231 g/mol. The van der Waals surface area contributed by atoms with Crippen LogP contribution in [0.3, 0.4) is 0 Å². The van der Waals surface area contributed by atoms with Crippen LogP contribution >= 0.6 is 0 Å². The Balaban J connectivity index is 2.17. The van der Waals surface area contributed by atoms with Gasteiger partial charge in [0.05, 0.1) is 0 Å². The molecule has 0 saturated carbocycles. The van der Waals surface area contributed by atoms with Crippen molar-refractivity contribution in [2.24, 2.45) is 0 Å². The Morgan fingerprint density at radius 3 is 2.82 bits per heavy atom. The highest BCUT2D eigenvalue weighted by atomic mass is 19.1. The zero-order valence-corrected chi connectivity index (χ0v) is 9.60. The van der Waals surface area contributed by atoms with Crippen LogP contribution in [0, 0.1) is 5.82 Å². The number of hydrogen-bond acceptors (Lipinski definition) is 3. The number of halogens is 1. The lowest BCUT2D eigenvalue weighted by Gasteiger charge is -2.19. The van der Waals surface area contributed by atoms with Crippen molar-refractivity contribution < 1.29 is 4.39 Å². The maximum atomic E-state index is 13.1. The Morgan fingerprint density at radius 2 is 2.12 bits per heavy atom. The van der Waals surface area contributed by atoms with Gasteiger partial charge in [-0.3, -0.25) is 0 Å². The average Bonchev–Trinajstić information content (AvgIpc) is 2.32. The molecule has 2 N–H and O–H groups in total. The van der Waals surface area contributed by atoms with Gasteiger partial charge in [0.25, 0.3) is 0 Å². The first-order chi connectivity index (χ1) is 8.16. The third-order valence-electron chi connectivity index (χ3n) is 2.58. The number of nitrogens with zero attached hydrogens (tertiary/aromatic N) is 2. The van der Waals surface area contributed by atoms with Gasteiger partial charge in [-0.25, -0.2) is 9.37 Å². The number of nitrogen functional groups attached to an aromatic ring is 1. The summed E-state index contributed by atoms with van der Waals surface area (Å²) in [5.74, 6) is 0.268. The van der Waals surface area contributed by atoms with E-state index >= 15 is 0 Å². The second-order valence-electron chi connectivity index (χ2n) is 3.88. The molecule has 0 aliphatic carbocycles. The van der Waals surface area contributed by atoms with E-state index in [4.69, 9.17) is 5.73 Å². The first kappa shape index (κ1) is 11.4. The molecule has 1 heterocycles. The molecule has 2 aromatic rings. The Labute approximate surface area is 99.7 Å². The second kappa shape index (κ2) is 4.82. The van der Waals surface area contributed by atoms with Crippen LogP contribution in [0.25, 0.3) is 0 Å². The van der Waals surface area contributed by atoms with Gasteiger partial charge < -0.3 is 10.6 Å². The topological polar surface area (TPSA) is 42.2 Å². The third-order valence-corrected chi connectivity index (χ3v) is 2.58. The van der Waals surface area contributed by atoms with Crippen molar-refractivity contribution in [1.29, 1.82) is 0 Å². The maximum absolute atomic E-state index is 13.1. The molecule has 0 aliphatic heterocycles. The van der Waals surface area contributed by atoms with E-state index in [-0.39, 0.29) is 5.82 Å². The van der Waals surface area contributed by atoms with Crippen LogP contribution in [0.4, 0.5) is 15.9 Å². The molecular formula is C13H14FN3. The summed E-state index contributed by atoms with van der Waals surface area (Å²) < 4.78 is 13.1. The SMILES string of the molecule is CN(Cc1cccnc1N)c1cccc(F)c1. The van der Waals surface area contributed by atoms with Crippen molar-refractivity contribution in [3.05, 3.63) is 54.0 Å². The molecule has 4 heteroatoms. The fourth-order valence-electron chi connectivity index (χ4n) is 1.64. The van der Waals surface area contributed by atoms with Crippen molar-refractivity contribution in [2.45, 2.75) is 6.54 Å². The van der Waals surface area contributed by atoms with Crippen LogP contribution in [0.1, 0.15) is 5.56 Å². The van der Waals surface area contributed by atoms with E-state index in [1.54, 1.807) is 12.3 Å². The van der Waals surface area contributed by atoms with Crippen molar-refractivity contribution in [2.75, 3.05) is 17.7 Å². The average molecular weight is 231 g/mol. The smallest absolute Gasteiger partial charge is 0.128 e. The van der Waals surface area contributed by atoms with Crippen LogP contribution in [-0.2, 0) is 6.54 Å². The minimum Gasteiger partial charge on any atom is -0.383 e. The highest BCUT2D eigenvalue weighted by Crippen LogP contribution is 2.18. The molecule has 1 aromatic carbocycles. The molecule has 0 unspecified atom stereocenters. The zero-order chi connectivity index (χ0) is 12.3. The lowest BCUT2D eigenvalue weighted by atomic mass is 10.2. The minimum absolute atomic E-state index is 0.242.